The topological polar surface area (TPSA) is 81.4 Å². The second-order valence-corrected chi connectivity index (χ2v) is 7.65. The van der Waals surface area contributed by atoms with Crippen molar-refractivity contribution in [2.24, 2.45) is 5.92 Å². The van der Waals surface area contributed by atoms with Gasteiger partial charge in [-0.2, -0.15) is 0 Å². The Kier molecular flexibility index (Phi) is 6.27. The zero-order valence-electron chi connectivity index (χ0n) is 11.5. The molecule has 0 saturated heterocycles. The van der Waals surface area contributed by atoms with Crippen LogP contribution in [0.4, 0.5) is 5.69 Å². The zero-order chi connectivity index (χ0) is 15.5. The summed E-state index contributed by atoms with van der Waals surface area (Å²) in [6.45, 7) is 4.10. The van der Waals surface area contributed by atoms with E-state index in [2.05, 4.69) is 20.7 Å². The molecule has 0 amide bonds. The summed E-state index contributed by atoms with van der Waals surface area (Å²) < 4.78 is 32.8. The highest BCUT2D eigenvalue weighted by molar-refractivity contribution is 9.10. The molecule has 1 aromatic carbocycles. The van der Waals surface area contributed by atoms with Gasteiger partial charge in [0.15, 0.2) is 0 Å². The van der Waals surface area contributed by atoms with Gasteiger partial charge >= 0.3 is 0 Å². The van der Waals surface area contributed by atoms with Gasteiger partial charge in [-0.25, -0.2) is 13.1 Å². The molecule has 0 aromatic heterocycles. The molecule has 8 heteroatoms. The van der Waals surface area contributed by atoms with Crippen LogP contribution in [0.1, 0.15) is 13.8 Å². The third-order valence-corrected chi connectivity index (χ3v) is 5.66. The molecule has 0 aliphatic carbocycles. The SMILES string of the molecule is COCC(NS(=O)(=O)c1cc(Cl)cc(N)c1Br)C(C)C. The number of sulfonamides is 1. The van der Waals surface area contributed by atoms with Crippen LogP contribution >= 0.6 is 27.5 Å². The van der Waals surface area contributed by atoms with Crippen molar-refractivity contribution in [1.29, 1.82) is 0 Å². The van der Waals surface area contributed by atoms with E-state index >= 15 is 0 Å². The van der Waals surface area contributed by atoms with E-state index in [0.29, 0.717) is 4.47 Å². The monoisotopic (exact) mass is 384 g/mol. The first kappa shape index (κ1) is 17.7. The van der Waals surface area contributed by atoms with Crippen LogP contribution in [-0.2, 0) is 14.8 Å². The molecule has 0 aliphatic heterocycles. The lowest BCUT2D eigenvalue weighted by molar-refractivity contribution is 0.157. The van der Waals surface area contributed by atoms with Gasteiger partial charge in [0.1, 0.15) is 0 Å². The largest absolute Gasteiger partial charge is 0.398 e. The third-order valence-electron chi connectivity index (χ3n) is 2.78. The molecule has 0 radical (unpaired) electrons. The Morgan fingerprint density at radius 3 is 2.55 bits per heavy atom. The van der Waals surface area contributed by atoms with Gasteiger partial charge in [-0.1, -0.05) is 25.4 Å². The van der Waals surface area contributed by atoms with Crippen molar-refractivity contribution in [3.8, 4) is 0 Å². The number of nitrogens with one attached hydrogen (secondary N) is 1. The first-order valence-electron chi connectivity index (χ1n) is 5.94. The van der Waals surface area contributed by atoms with E-state index in [-0.39, 0.29) is 34.2 Å². The molecule has 1 aromatic rings. The van der Waals surface area contributed by atoms with Crippen LogP contribution in [0.2, 0.25) is 5.02 Å². The van der Waals surface area contributed by atoms with E-state index < -0.39 is 10.0 Å². The molecule has 114 valence electrons. The highest BCUT2D eigenvalue weighted by atomic mass is 79.9. The quantitative estimate of drug-likeness (QED) is 0.738. The van der Waals surface area contributed by atoms with Crippen LogP contribution in [0.3, 0.4) is 0 Å². The molecule has 0 aliphatic rings. The number of hydrogen-bond donors (Lipinski definition) is 2. The van der Waals surface area contributed by atoms with Crippen molar-refractivity contribution in [2.45, 2.75) is 24.8 Å². The average Bonchev–Trinajstić information content (AvgIpc) is 2.32. The Labute approximate surface area is 133 Å². The van der Waals surface area contributed by atoms with Gasteiger partial charge in [-0.15, -0.1) is 0 Å². The van der Waals surface area contributed by atoms with Gasteiger partial charge in [0.25, 0.3) is 0 Å². The zero-order valence-corrected chi connectivity index (χ0v) is 14.6. The van der Waals surface area contributed by atoms with Crippen LogP contribution in [0.15, 0.2) is 21.5 Å². The molecule has 0 spiro atoms. The molecule has 0 fully saturated rings. The second kappa shape index (κ2) is 7.09. The van der Waals surface area contributed by atoms with Crippen molar-refractivity contribution in [1.82, 2.24) is 4.72 Å². The first-order chi connectivity index (χ1) is 9.19. The molecule has 20 heavy (non-hydrogen) atoms. The molecule has 0 heterocycles. The fraction of sp³-hybridized carbons (Fsp3) is 0.500. The summed E-state index contributed by atoms with van der Waals surface area (Å²) in [6.07, 6.45) is 0. The van der Waals surface area contributed by atoms with Crippen molar-refractivity contribution in [3.63, 3.8) is 0 Å². The molecular weight excluding hydrogens is 368 g/mol. The number of ether oxygens (including phenoxy) is 1. The summed E-state index contributed by atoms with van der Waals surface area (Å²) in [5.41, 5.74) is 5.99. The first-order valence-corrected chi connectivity index (χ1v) is 8.60. The molecule has 0 bridgehead atoms. The van der Waals surface area contributed by atoms with Crippen molar-refractivity contribution in [3.05, 3.63) is 21.6 Å². The average molecular weight is 386 g/mol. The van der Waals surface area contributed by atoms with Crippen molar-refractivity contribution in [2.75, 3.05) is 19.5 Å². The maximum Gasteiger partial charge on any atom is 0.242 e. The van der Waals surface area contributed by atoms with Gasteiger partial charge < -0.3 is 10.5 Å². The van der Waals surface area contributed by atoms with Crippen LogP contribution in [0, 0.1) is 5.92 Å². The summed E-state index contributed by atoms with van der Waals surface area (Å²) in [6, 6.07) is 2.51. The molecule has 3 N–H and O–H groups in total. The van der Waals surface area contributed by atoms with E-state index in [4.69, 9.17) is 22.1 Å². The summed E-state index contributed by atoms with van der Waals surface area (Å²) >= 11 is 9.05. The van der Waals surface area contributed by atoms with Gasteiger partial charge in [-0.3, -0.25) is 0 Å². The molecule has 1 atom stereocenters. The maximum absolute atomic E-state index is 12.4. The van der Waals surface area contributed by atoms with E-state index in [1.54, 1.807) is 0 Å². The molecule has 5 nitrogen and oxygen atoms in total. The number of benzene rings is 1. The smallest absolute Gasteiger partial charge is 0.242 e. The number of nitrogens with two attached hydrogens (primary N) is 1. The van der Waals surface area contributed by atoms with Gasteiger partial charge in [0.05, 0.1) is 16.0 Å². The fourth-order valence-corrected chi connectivity index (χ4v) is 4.25. The van der Waals surface area contributed by atoms with Gasteiger partial charge in [0, 0.05) is 23.9 Å². The third kappa shape index (κ3) is 4.33. The Morgan fingerprint density at radius 1 is 1.45 bits per heavy atom. The van der Waals surface area contributed by atoms with E-state index in [1.165, 1.54) is 19.2 Å². The maximum atomic E-state index is 12.4. The second-order valence-electron chi connectivity index (χ2n) is 4.73. The van der Waals surface area contributed by atoms with Crippen molar-refractivity contribution < 1.29 is 13.2 Å². The van der Waals surface area contributed by atoms with Crippen LogP contribution in [-0.4, -0.2) is 28.2 Å². The van der Waals surface area contributed by atoms with Crippen LogP contribution in [0.25, 0.3) is 0 Å². The lowest BCUT2D eigenvalue weighted by Crippen LogP contribution is -2.41. The Hall–Kier alpha value is -0.340. The molecular formula is C12H18BrClN2O3S. The number of halogens is 2. The number of rotatable bonds is 6. The Morgan fingerprint density at radius 2 is 2.05 bits per heavy atom. The van der Waals surface area contributed by atoms with E-state index in [1.807, 2.05) is 13.8 Å². The minimum absolute atomic E-state index is 0.0178. The summed E-state index contributed by atoms with van der Waals surface area (Å²) in [5, 5.41) is 0.263. The molecule has 1 rings (SSSR count). The summed E-state index contributed by atoms with van der Waals surface area (Å²) in [7, 11) is -2.22. The Bertz CT molecular complexity index is 578. The van der Waals surface area contributed by atoms with Gasteiger partial charge in [0.2, 0.25) is 10.0 Å². The highest BCUT2D eigenvalue weighted by Crippen LogP contribution is 2.31. The lowest BCUT2D eigenvalue weighted by Gasteiger charge is -2.22. The van der Waals surface area contributed by atoms with E-state index in [0.717, 1.165) is 0 Å². The molecule has 0 saturated carbocycles. The summed E-state index contributed by atoms with van der Waals surface area (Å²) in [4.78, 5) is 0.0178. The van der Waals surface area contributed by atoms with E-state index in [9.17, 15) is 8.42 Å². The van der Waals surface area contributed by atoms with Crippen LogP contribution in [0.5, 0.6) is 0 Å². The minimum Gasteiger partial charge on any atom is -0.398 e. The fourth-order valence-electron chi connectivity index (χ4n) is 1.58. The molecule has 1 unspecified atom stereocenters. The summed E-state index contributed by atoms with van der Waals surface area (Å²) in [5.74, 6) is 0.0834. The lowest BCUT2D eigenvalue weighted by atomic mass is 10.1. The van der Waals surface area contributed by atoms with Gasteiger partial charge in [-0.05, 0) is 34.0 Å². The Balaban J connectivity index is 3.17. The number of nitrogen functional groups attached to an aromatic ring is 1. The normalized spacial score (nSPS) is 13.7. The highest BCUT2D eigenvalue weighted by Gasteiger charge is 2.25. The minimum atomic E-state index is -3.74. The standard InChI is InChI=1S/C12H18BrClN2O3S/c1-7(2)10(6-19-3)16-20(17,18)11-5-8(14)4-9(15)12(11)13/h4-5,7,10,16H,6,15H2,1-3H3. The van der Waals surface area contributed by atoms with Crippen LogP contribution < -0.4 is 10.5 Å². The predicted octanol–water partition coefficient (Wildman–Crippen LogP) is 2.63. The number of hydrogen-bond acceptors (Lipinski definition) is 4. The number of methoxy groups -OCH3 is 1. The predicted molar refractivity (Wildman–Crippen MR) is 84.4 cm³/mol. The number of anilines is 1. The van der Waals surface area contributed by atoms with Crippen molar-refractivity contribution >= 4 is 43.2 Å².